The van der Waals surface area contributed by atoms with Crippen molar-refractivity contribution in [2.24, 2.45) is 0 Å². The second-order valence-electron chi connectivity index (χ2n) is 6.78. The number of ether oxygens (including phenoxy) is 1. The normalized spacial score (nSPS) is 10.9. The van der Waals surface area contributed by atoms with E-state index in [0.29, 0.717) is 12.1 Å². The second-order valence-corrected chi connectivity index (χ2v) is 6.78. The summed E-state index contributed by atoms with van der Waals surface area (Å²) in [6.45, 7) is 7.37. The van der Waals surface area contributed by atoms with Crippen molar-refractivity contribution in [1.82, 2.24) is 5.32 Å². The fraction of sp³-hybridized carbons (Fsp3) is 0.300. The maximum Gasteiger partial charge on any atom is 0.407 e. The minimum Gasteiger partial charge on any atom is -0.444 e. The van der Waals surface area contributed by atoms with Gasteiger partial charge in [-0.1, -0.05) is 24.3 Å². The van der Waals surface area contributed by atoms with Crippen LogP contribution >= 0.6 is 0 Å². The average molecular weight is 340 g/mol. The Morgan fingerprint density at radius 1 is 1.04 bits per heavy atom. The molecular formula is C20H24N2O3. The van der Waals surface area contributed by atoms with Crippen LogP contribution in [0.5, 0.6) is 0 Å². The number of hydrogen-bond donors (Lipinski definition) is 2. The Morgan fingerprint density at radius 2 is 1.76 bits per heavy atom. The van der Waals surface area contributed by atoms with E-state index in [1.54, 1.807) is 13.0 Å². The molecule has 0 atom stereocenters. The highest BCUT2D eigenvalue weighted by molar-refractivity contribution is 6.00. The summed E-state index contributed by atoms with van der Waals surface area (Å²) in [7, 11) is 0. The molecule has 2 N–H and O–H groups in total. The van der Waals surface area contributed by atoms with Crippen LogP contribution in [0.2, 0.25) is 0 Å². The molecule has 0 radical (unpaired) electrons. The largest absolute Gasteiger partial charge is 0.444 e. The van der Waals surface area contributed by atoms with Gasteiger partial charge in [-0.3, -0.25) is 4.79 Å². The molecule has 0 fully saturated rings. The Balaban J connectivity index is 2.05. The van der Waals surface area contributed by atoms with E-state index in [4.69, 9.17) is 4.74 Å². The molecule has 25 heavy (non-hydrogen) atoms. The van der Waals surface area contributed by atoms with E-state index in [0.717, 1.165) is 16.9 Å². The van der Waals surface area contributed by atoms with Gasteiger partial charge in [0.05, 0.1) is 0 Å². The minimum atomic E-state index is -0.524. The lowest BCUT2D eigenvalue weighted by Gasteiger charge is -2.19. The van der Waals surface area contributed by atoms with Crippen molar-refractivity contribution < 1.29 is 14.3 Å². The summed E-state index contributed by atoms with van der Waals surface area (Å²) in [4.78, 5) is 23.5. The van der Waals surface area contributed by atoms with Crippen LogP contribution in [-0.4, -0.2) is 17.5 Å². The van der Waals surface area contributed by atoms with Gasteiger partial charge in [0.1, 0.15) is 5.60 Å². The second kappa shape index (κ2) is 7.83. The highest BCUT2D eigenvalue weighted by atomic mass is 16.6. The molecular weight excluding hydrogens is 316 g/mol. The maximum absolute atomic E-state index is 11.7. The number of carbonyl (C=O) groups excluding carboxylic acids is 2. The first-order chi connectivity index (χ1) is 11.7. The number of benzene rings is 2. The molecule has 132 valence electrons. The van der Waals surface area contributed by atoms with Crippen LogP contribution in [-0.2, 0) is 11.3 Å². The molecule has 1 amide bonds. The van der Waals surface area contributed by atoms with Gasteiger partial charge in [-0.05, 0) is 57.5 Å². The number of rotatable bonds is 5. The zero-order valence-corrected chi connectivity index (χ0v) is 15.1. The zero-order chi connectivity index (χ0) is 18.4. The first-order valence-corrected chi connectivity index (χ1v) is 8.17. The summed E-state index contributed by atoms with van der Waals surface area (Å²) in [5.41, 5.74) is 2.64. The van der Waals surface area contributed by atoms with E-state index in [-0.39, 0.29) is 5.78 Å². The van der Waals surface area contributed by atoms with Crippen LogP contribution in [0.3, 0.4) is 0 Å². The third-order valence-electron chi connectivity index (χ3n) is 3.35. The Morgan fingerprint density at radius 3 is 2.44 bits per heavy atom. The quantitative estimate of drug-likeness (QED) is 0.777. The molecule has 0 heterocycles. The maximum atomic E-state index is 11.7. The SMILES string of the molecule is CC(=O)c1ccccc1Nc1cccc(CNC(=O)OC(C)(C)C)c1. The summed E-state index contributed by atoms with van der Waals surface area (Å²) < 4.78 is 5.22. The van der Waals surface area contributed by atoms with Crippen molar-refractivity contribution in [2.75, 3.05) is 5.32 Å². The van der Waals surface area contributed by atoms with E-state index >= 15 is 0 Å². The summed E-state index contributed by atoms with van der Waals surface area (Å²) >= 11 is 0. The van der Waals surface area contributed by atoms with E-state index in [2.05, 4.69) is 10.6 Å². The Kier molecular flexibility index (Phi) is 5.80. The molecule has 0 saturated carbocycles. The van der Waals surface area contributed by atoms with Gasteiger partial charge in [-0.25, -0.2) is 4.79 Å². The van der Waals surface area contributed by atoms with Crippen molar-refractivity contribution in [3.63, 3.8) is 0 Å². The van der Waals surface area contributed by atoms with Gasteiger partial charge < -0.3 is 15.4 Å². The Hall–Kier alpha value is -2.82. The number of Topliss-reactive ketones (excluding diaryl/α,β-unsaturated/α-hetero) is 1. The van der Waals surface area contributed by atoms with Crippen molar-refractivity contribution in [3.05, 3.63) is 59.7 Å². The van der Waals surface area contributed by atoms with E-state index < -0.39 is 11.7 Å². The van der Waals surface area contributed by atoms with Crippen LogP contribution in [0.1, 0.15) is 43.6 Å². The van der Waals surface area contributed by atoms with Crippen LogP contribution in [0.15, 0.2) is 48.5 Å². The molecule has 0 bridgehead atoms. The van der Waals surface area contributed by atoms with Crippen LogP contribution in [0, 0.1) is 0 Å². The highest BCUT2D eigenvalue weighted by Crippen LogP contribution is 2.22. The summed E-state index contributed by atoms with van der Waals surface area (Å²) in [5.74, 6) is 0.00541. The zero-order valence-electron chi connectivity index (χ0n) is 15.1. The number of hydrogen-bond acceptors (Lipinski definition) is 4. The number of nitrogens with one attached hydrogen (secondary N) is 2. The molecule has 5 nitrogen and oxygen atoms in total. The number of para-hydroxylation sites is 1. The van der Waals surface area contributed by atoms with Crippen LogP contribution in [0.25, 0.3) is 0 Å². The van der Waals surface area contributed by atoms with Gasteiger partial charge in [0, 0.05) is 23.5 Å². The molecule has 2 rings (SSSR count). The van der Waals surface area contributed by atoms with E-state index in [1.807, 2.05) is 63.2 Å². The Bertz CT molecular complexity index is 764. The van der Waals surface area contributed by atoms with Crippen LogP contribution < -0.4 is 10.6 Å². The molecule has 2 aromatic rings. The first kappa shape index (κ1) is 18.5. The highest BCUT2D eigenvalue weighted by Gasteiger charge is 2.15. The lowest BCUT2D eigenvalue weighted by atomic mass is 10.1. The monoisotopic (exact) mass is 340 g/mol. The fourth-order valence-corrected chi connectivity index (χ4v) is 2.30. The summed E-state index contributed by atoms with van der Waals surface area (Å²) in [6, 6.07) is 15.0. The van der Waals surface area contributed by atoms with Gasteiger partial charge in [-0.15, -0.1) is 0 Å². The topological polar surface area (TPSA) is 67.4 Å². The van der Waals surface area contributed by atoms with Gasteiger partial charge in [-0.2, -0.15) is 0 Å². The minimum absolute atomic E-state index is 0.00541. The Labute approximate surface area is 148 Å². The van der Waals surface area contributed by atoms with E-state index in [1.165, 1.54) is 0 Å². The molecule has 0 aliphatic carbocycles. The number of anilines is 2. The molecule has 0 spiro atoms. The number of ketones is 1. The molecule has 0 aromatic heterocycles. The first-order valence-electron chi connectivity index (χ1n) is 8.17. The van der Waals surface area contributed by atoms with E-state index in [9.17, 15) is 9.59 Å². The number of carbonyl (C=O) groups is 2. The third-order valence-corrected chi connectivity index (χ3v) is 3.35. The summed E-state index contributed by atoms with van der Waals surface area (Å²) in [6.07, 6.45) is -0.451. The molecule has 0 aliphatic rings. The smallest absolute Gasteiger partial charge is 0.407 e. The number of amides is 1. The third kappa shape index (κ3) is 5.95. The molecule has 5 heteroatoms. The van der Waals surface area contributed by atoms with Crippen molar-refractivity contribution in [3.8, 4) is 0 Å². The standard InChI is InChI=1S/C20H24N2O3/c1-14(23)17-10-5-6-11-18(17)22-16-9-7-8-15(12-16)13-21-19(24)25-20(2,3)4/h5-12,22H,13H2,1-4H3,(H,21,24). The van der Waals surface area contributed by atoms with Crippen molar-refractivity contribution in [1.29, 1.82) is 0 Å². The molecule has 2 aromatic carbocycles. The number of alkyl carbamates (subject to hydrolysis) is 1. The average Bonchev–Trinajstić information content (AvgIpc) is 2.52. The van der Waals surface area contributed by atoms with Gasteiger partial charge in [0.2, 0.25) is 0 Å². The molecule has 0 aliphatic heterocycles. The lowest BCUT2D eigenvalue weighted by Crippen LogP contribution is -2.32. The van der Waals surface area contributed by atoms with Gasteiger partial charge in [0.25, 0.3) is 0 Å². The van der Waals surface area contributed by atoms with Gasteiger partial charge >= 0.3 is 6.09 Å². The molecule has 0 saturated heterocycles. The van der Waals surface area contributed by atoms with Gasteiger partial charge in [0.15, 0.2) is 5.78 Å². The fourth-order valence-electron chi connectivity index (χ4n) is 2.30. The molecule has 0 unspecified atom stereocenters. The predicted molar refractivity (Wildman–Crippen MR) is 99.2 cm³/mol. The predicted octanol–water partition coefficient (Wildman–Crippen LogP) is 4.66. The lowest BCUT2D eigenvalue weighted by molar-refractivity contribution is 0.0523. The summed E-state index contributed by atoms with van der Waals surface area (Å²) in [5, 5.41) is 5.99. The van der Waals surface area contributed by atoms with Crippen molar-refractivity contribution >= 4 is 23.3 Å². The van der Waals surface area contributed by atoms with Crippen molar-refractivity contribution in [2.45, 2.75) is 39.8 Å². The van der Waals surface area contributed by atoms with Crippen LogP contribution in [0.4, 0.5) is 16.2 Å².